The summed E-state index contributed by atoms with van der Waals surface area (Å²) in [5.74, 6) is 0.773. The van der Waals surface area contributed by atoms with E-state index in [1.165, 1.54) is 5.56 Å². The normalized spacial score (nSPS) is 21.2. The lowest BCUT2D eigenvalue weighted by Crippen LogP contribution is -2.33. The quantitative estimate of drug-likeness (QED) is 0.712. The van der Waals surface area contributed by atoms with Crippen LogP contribution in [-0.4, -0.2) is 34.9 Å². The van der Waals surface area contributed by atoms with Crippen molar-refractivity contribution in [2.45, 2.75) is 38.6 Å². The molecule has 0 saturated carbocycles. The summed E-state index contributed by atoms with van der Waals surface area (Å²) in [6.45, 7) is 3.82. The van der Waals surface area contributed by atoms with Crippen molar-refractivity contribution < 1.29 is 4.79 Å². The Kier molecular flexibility index (Phi) is 4.70. The Labute approximate surface area is 171 Å². The summed E-state index contributed by atoms with van der Waals surface area (Å²) in [7, 11) is 0. The molecule has 2 aliphatic rings. The molecular weight excluding hydrogens is 358 g/mol. The minimum atomic E-state index is 0.173. The molecule has 2 atom stereocenters. The molecule has 5 rings (SSSR count). The average Bonchev–Trinajstić information content (AvgIpc) is 3.21. The third-order valence-electron chi connectivity index (χ3n) is 6.34. The average molecular weight is 386 g/mol. The number of nitrogens with one attached hydrogen (secondary N) is 1. The number of amides is 1. The number of rotatable bonds is 3. The molecule has 4 nitrogen and oxygen atoms in total. The third-order valence-corrected chi connectivity index (χ3v) is 6.34. The number of carbonyl (C=O) groups is 1. The molecule has 2 unspecified atom stereocenters. The number of benzene rings is 2. The van der Waals surface area contributed by atoms with Crippen LogP contribution in [0.15, 0.2) is 54.6 Å². The van der Waals surface area contributed by atoms with Crippen molar-refractivity contribution in [1.29, 1.82) is 0 Å². The van der Waals surface area contributed by atoms with Crippen LogP contribution in [0.4, 0.5) is 5.69 Å². The van der Waals surface area contributed by atoms with Crippen LogP contribution < -0.4 is 5.32 Å². The minimum Gasteiger partial charge on any atom is -0.380 e. The molecule has 0 radical (unpaired) electrons. The van der Waals surface area contributed by atoms with E-state index in [4.69, 9.17) is 4.98 Å². The largest absolute Gasteiger partial charge is 0.380 e. The van der Waals surface area contributed by atoms with E-state index in [9.17, 15) is 4.79 Å². The number of aromatic nitrogens is 1. The molecular formula is C25H27N3O. The zero-order valence-corrected chi connectivity index (χ0v) is 16.9. The summed E-state index contributed by atoms with van der Waals surface area (Å²) in [5, 5.41) is 4.58. The van der Waals surface area contributed by atoms with Crippen molar-refractivity contribution >= 4 is 22.5 Å². The Morgan fingerprint density at radius 1 is 1.07 bits per heavy atom. The second-order valence-corrected chi connectivity index (χ2v) is 8.52. The first kappa shape index (κ1) is 18.2. The Morgan fingerprint density at radius 2 is 1.86 bits per heavy atom. The second kappa shape index (κ2) is 7.51. The van der Waals surface area contributed by atoms with E-state index in [0.717, 1.165) is 66.6 Å². The van der Waals surface area contributed by atoms with Crippen molar-refractivity contribution in [3.8, 4) is 0 Å². The lowest BCUT2D eigenvalue weighted by Gasteiger charge is -2.26. The van der Waals surface area contributed by atoms with Gasteiger partial charge in [-0.1, -0.05) is 43.3 Å². The number of aryl methyl sites for hydroxylation is 1. The lowest BCUT2D eigenvalue weighted by molar-refractivity contribution is 0.0792. The van der Waals surface area contributed by atoms with E-state index < -0.39 is 0 Å². The molecule has 0 spiro atoms. The van der Waals surface area contributed by atoms with Gasteiger partial charge in [0.15, 0.2) is 0 Å². The van der Waals surface area contributed by atoms with Gasteiger partial charge in [0.2, 0.25) is 0 Å². The molecule has 1 aliphatic heterocycles. The number of hydrogen-bond donors (Lipinski definition) is 1. The molecule has 0 bridgehead atoms. The van der Waals surface area contributed by atoms with Crippen molar-refractivity contribution in [2.24, 2.45) is 5.92 Å². The smallest absolute Gasteiger partial charge is 0.254 e. The first-order valence-corrected chi connectivity index (χ1v) is 10.7. The number of nitrogens with zero attached hydrogens (tertiary/aromatic N) is 2. The number of hydrogen-bond acceptors (Lipinski definition) is 3. The van der Waals surface area contributed by atoms with Gasteiger partial charge >= 0.3 is 0 Å². The molecule has 1 fully saturated rings. The van der Waals surface area contributed by atoms with Crippen molar-refractivity contribution in [2.75, 3.05) is 18.4 Å². The Balaban J connectivity index is 1.46. The lowest BCUT2D eigenvalue weighted by atomic mass is 9.84. The number of fused-ring (bicyclic) bond motifs is 2. The summed E-state index contributed by atoms with van der Waals surface area (Å²) in [6, 6.07) is 18.7. The van der Waals surface area contributed by atoms with Crippen molar-refractivity contribution in [3.05, 3.63) is 71.4 Å². The van der Waals surface area contributed by atoms with E-state index in [1.54, 1.807) is 0 Å². The van der Waals surface area contributed by atoms with E-state index in [1.807, 2.05) is 41.3 Å². The molecule has 3 aromatic rings. The summed E-state index contributed by atoms with van der Waals surface area (Å²) in [6.07, 6.45) is 4.05. The second-order valence-electron chi connectivity index (χ2n) is 8.52. The molecule has 1 amide bonds. The fourth-order valence-electron chi connectivity index (χ4n) is 4.80. The third kappa shape index (κ3) is 3.48. The zero-order valence-electron chi connectivity index (χ0n) is 16.9. The van der Waals surface area contributed by atoms with Gasteiger partial charge in [-0.3, -0.25) is 9.78 Å². The molecule has 2 heterocycles. The monoisotopic (exact) mass is 385 g/mol. The highest BCUT2D eigenvalue weighted by Crippen LogP contribution is 2.33. The van der Waals surface area contributed by atoms with Gasteiger partial charge in [0.05, 0.1) is 11.1 Å². The molecule has 1 N–H and O–H groups in total. The van der Waals surface area contributed by atoms with Crippen LogP contribution in [0.5, 0.6) is 0 Å². The van der Waals surface area contributed by atoms with Crippen LogP contribution in [0.25, 0.3) is 10.9 Å². The maximum absolute atomic E-state index is 13.7. The van der Waals surface area contributed by atoms with Crippen LogP contribution in [0.3, 0.4) is 0 Å². The molecule has 1 aliphatic carbocycles. The van der Waals surface area contributed by atoms with Crippen LogP contribution in [-0.2, 0) is 12.8 Å². The predicted molar refractivity (Wildman–Crippen MR) is 117 cm³/mol. The number of para-hydroxylation sites is 2. The van der Waals surface area contributed by atoms with Gasteiger partial charge in [0.25, 0.3) is 5.91 Å². The van der Waals surface area contributed by atoms with Gasteiger partial charge in [-0.05, 0) is 55.4 Å². The minimum absolute atomic E-state index is 0.173. The van der Waals surface area contributed by atoms with Crippen LogP contribution in [0.2, 0.25) is 0 Å². The first-order valence-electron chi connectivity index (χ1n) is 10.7. The Bertz CT molecular complexity index is 1050. The Morgan fingerprint density at radius 3 is 2.72 bits per heavy atom. The van der Waals surface area contributed by atoms with Crippen LogP contribution >= 0.6 is 0 Å². The fraction of sp³-hybridized carbons (Fsp3) is 0.360. The zero-order chi connectivity index (χ0) is 19.8. The van der Waals surface area contributed by atoms with Gasteiger partial charge in [-0.25, -0.2) is 0 Å². The van der Waals surface area contributed by atoms with E-state index >= 15 is 0 Å². The maximum Gasteiger partial charge on any atom is 0.254 e. The summed E-state index contributed by atoms with van der Waals surface area (Å²) in [5.41, 5.74) is 5.28. The number of pyridine rings is 1. The highest BCUT2D eigenvalue weighted by molar-refractivity contribution is 6.07. The SMILES string of the molecule is CC1CCc2nc3ccccc3c(C(=O)N3CCC(Nc4ccccc4)C3)c2C1. The van der Waals surface area contributed by atoms with E-state index in [2.05, 4.69) is 30.4 Å². The molecule has 1 aromatic heterocycles. The molecule has 2 aromatic carbocycles. The summed E-state index contributed by atoms with van der Waals surface area (Å²) in [4.78, 5) is 20.6. The summed E-state index contributed by atoms with van der Waals surface area (Å²) >= 11 is 0. The highest BCUT2D eigenvalue weighted by Gasteiger charge is 2.31. The Hall–Kier alpha value is -2.88. The first-order chi connectivity index (χ1) is 14.2. The van der Waals surface area contributed by atoms with Crippen LogP contribution in [0, 0.1) is 5.92 Å². The van der Waals surface area contributed by atoms with Gasteiger partial charge in [0, 0.05) is 35.9 Å². The topological polar surface area (TPSA) is 45.2 Å². The molecule has 148 valence electrons. The van der Waals surface area contributed by atoms with Crippen molar-refractivity contribution in [1.82, 2.24) is 9.88 Å². The van der Waals surface area contributed by atoms with Gasteiger partial charge in [-0.2, -0.15) is 0 Å². The van der Waals surface area contributed by atoms with Crippen LogP contribution in [0.1, 0.15) is 41.4 Å². The van der Waals surface area contributed by atoms with Gasteiger partial charge in [-0.15, -0.1) is 0 Å². The van der Waals surface area contributed by atoms with Crippen molar-refractivity contribution in [3.63, 3.8) is 0 Å². The predicted octanol–water partition coefficient (Wildman–Crippen LogP) is 4.69. The molecule has 29 heavy (non-hydrogen) atoms. The fourth-order valence-corrected chi connectivity index (χ4v) is 4.80. The van der Waals surface area contributed by atoms with Gasteiger partial charge < -0.3 is 10.2 Å². The van der Waals surface area contributed by atoms with E-state index in [0.29, 0.717) is 12.0 Å². The standard InChI is InChI=1S/C25H27N3O/c1-17-11-12-23-21(15-17)24(20-9-5-6-10-22(20)27-23)25(29)28-14-13-19(16-28)26-18-7-3-2-4-8-18/h2-10,17,19,26H,11-16H2,1H3. The number of carbonyl (C=O) groups excluding carboxylic acids is 1. The molecule has 1 saturated heterocycles. The van der Waals surface area contributed by atoms with Gasteiger partial charge in [0.1, 0.15) is 0 Å². The number of anilines is 1. The van der Waals surface area contributed by atoms with E-state index in [-0.39, 0.29) is 5.91 Å². The molecule has 4 heteroatoms. The number of likely N-dealkylation sites (tertiary alicyclic amines) is 1. The summed E-state index contributed by atoms with van der Waals surface area (Å²) < 4.78 is 0. The highest BCUT2D eigenvalue weighted by atomic mass is 16.2. The maximum atomic E-state index is 13.7.